The van der Waals surface area contributed by atoms with Gasteiger partial charge in [0.1, 0.15) is 17.0 Å². The Balaban J connectivity index is 1.41. The molecule has 0 radical (unpaired) electrons. The molecule has 1 aromatic heterocycles. The van der Waals surface area contributed by atoms with Gasteiger partial charge in [-0.05, 0) is 70.6 Å². The number of ether oxygens (including phenoxy) is 1. The first-order chi connectivity index (χ1) is 16.9. The maximum Gasteiger partial charge on any atom is 0.416 e. The van der Waals surface area contributed by atoms with Gasteiger partial charge in [-0.2, -0.15) is 13.2 Å². The van der Waals surface area contributed by atoms with Crippen LogP contribution < -0.4 is 4.90 Å². The summed E-state index contributed by atoms with van der Waals surface area (Å²) in [5.74, 6) is 0.469. The number of fused-ring (bicyclic) bond motifs is 1. The van der Waals surface area contributed by atoms with Crippen LogP contribution in [-0.2, 0) is 10.9 Å². The predicted molar refractivity (Wildman–Crippen MR) is 126 cm³/mol. The van der Waals surface area contributed by atoms with Gasteiger partial charge in [0, 0.05) is 31.1 Å². The zero-order valence-corrected chi connectivity index (χ0v) is 20.5. The monoisotopic (exact) mass is 505 g/mol. The highest BCUT2D eigenvalue weighted by Crippen LogP contribution is 2.45. The summed E-state index contributed by atoms with van der Waals surface area (Å²) in [5.41, 5.74) is -0.371. The van der Waals surface area contributed by atoms with Crippen molar-refractivity contribution >= 4 is 12.0 Å². The molecule has 3 heterocycles. The molecule has 1 saturated carbocycles. The van der Waals surface area contributed by atoms with Gasteiger partial charge in [0.25, 0.3) is 0 Å². The number of anilines is 1. The zero-order valence-electron chi connectivity index (χ0n) is 20.5. The summed E-state index contributed by atoms with van der Waals surface area (Å²) in [6.45, 7) is 7.40. The molecule has 8 nitrogen and oxygen atoms in total. The molecule has 1 N–H and O–H groups in total. The minimum Gasteiger partial charge on any atom is -0.507 e. The van der Waals surface area contributed by atoms with Crippen LogP contribution in [0.3, 0.4) is 0 Å². The number of rotatable bonds is 3. The maximum atomic E-state index is 13.1. The van der Waals surface area contributed by atoms with E-state index in [1.54, 1.807) is 4.90 Å². The fraction of sp³-hybridized carbons (Fsp3) is 0.600. The first-order valence-corrected chi connectivity index (χ1v) is 12.3. The molecular weight excluding hydrogens is 475 g/mol. The quantitative estimate of drug-likeness (QED) is 0.629. The lowest BCUT2D eigenvalue weighted by Crippen LogP contribution is -2.51. The average molecular weight is 506 g/mol. The van der Waals surface area contributed by atoms with Crippen LogP contribution in [0.1, 0.15) is 63.6 Å². The Bertz CT molecular complexity index is 1160. The molecule has 1 aliphatic carbocycles. The van der Waals surface area contributed by atoms with Crippen molar-refractivity contribution in [1.29, 1.82) is 0 Å². The Morgan fingerprint density at radius 2 is 1.81 bits per heavy atom. The van der Waals surface area contributed by atoms with Crippen LogP contribution in [0.2, 0.25) is 0 Å². The number of nitrogens with zero attached hydrogens (tertiary/aromatic N) is 5. The Hall–Kier alpha value is -3.11. The molecule has 2 aliphatic heterocycles. The van der Waals surface area contributed by atoms with Crippen molar-refractivity contribution in [3.63, 3.8) is 0 Å². The number of benzene rings is 1. The van der Waals surface area contributed by atoms with Crippen molar-refractivity contribution in [3.8, 4) is 17.0 Å². The standard InChI is InChI=1S/C25H30F3N5O3/c1-24(2,3)36-23(35)32-10-8-14-9-11-33(18(14)13-32)22-29-20(15-4-5-15)21(30-31-22)17-7-6-16(12-19(17)34)25(26,27)28/h6-7,12,14-15,18,34H,4-5,8-11,13H2,1-3H3. The number of piperidine rings is 1. The molecule has 0 spiro atoms. The summed E-state index contributed by atoms with van der Waals surface area (Å²) in [6, 6.07) is 2.89. The fourth-order valence-corrected chi connectivity index (χ4v) is 5.07. The molecule has 5 rings (SSSR count). The average Bonchev–Trinajstić information content (AvgIpc) is 3.55. The van der Waals surface area contributed by atoms with E-state index in [0.717, 1.165) is 38.3 Å². The number of halogens is 3. The minimum atomic E-state index is -4.55. The molecule has 0 bridgehead atoms. The Morgan fingerprint density at radius 1 is 1.08 bits per heavy atom. The van der Waals surface area contributed by atoms with Gasteiger partial charge >= 0.3 is 12.3 Å². The van der Waals surface area contributed by atoms with Crippen LogP contribution in [-0.4, -0.2) is 62.6 Å². The third kappa shape index (κ3) is 4.92. The van der Waals surface area contributed by atoms with Crippen LogP contribution in [0.25, 0.3) is 11.3 Å². The van der Waals surface area contributed by atoms with Gasteiger partial charge in [0.15, 0.2) is 0 Å². The number of aromatic nitrogens is 3. The van der Waals surface area contributed by atoms with Crippen molar-refractivity contribution < 1.29 is 27.8 Å². The molecule has 1 aromatic carbocycles. The van der Waals surface area contributed by atoms with Crippen LogP contribution in [0, 0.1) is 5.92 Å². The van der Waals surface area contributed by atoms with Crippen molar-refractivity contribution in [3.05, 3.63) is 29.5 Å². The third-order valence-electron chi connectivity index (χ3n) is 7.02. The zero-order chi connectivity index (χ0) is 25.8. The number of phenolic OH excluding ortho intramolecular Hbond substituents is 1. The van der Waals surface area contributed by atoms with Crippen molar-refractivity contribution in [2.75, 3.05) is 24.5 Å². The number of phenols is 1. The van der Waals surface area contributed by atoms with Gasteiger partial charge in [-0.1, -0.05) is 0 Å². The lowest BCUT2D eigenvalue weighted by molar-refractivity contribution is -0.137. The topological polar surface area (TPSA) is 91.7 Å². The molecule has 2 aromatic rings. The highest BCUT2D eigenvalue weighted by atomic mass is 19.4. The first kappa shape index (κ1) is 24.6. The van der Waals surface area contributed by atoms with Crippen molar-refractivity contribution in [2.24, 2.45) is 5.92 Å². The normalized spacial score (nSPS) is 22.5. The van der Waals surface area contributed by atoms with Gasteiger partial charge in [-0.25, -0.2) is 9.78 Å². The summed E-state index contributed by atoms with van der Waals surface area (Å²) in [6.07, 6.45) is -1.28. The van der Waals surface area contributed by atoms with Gasteiger partial charge in [-0.15, -0.1) is 10.2 Å². The lowest BCUT2D eigenvalue weighted by Gasteiger charge is -2.38. The summed E-state index contributed by atoms with van der Waals surface area (Å²) in [7, 11) is 0. The second kappa shape index (κ2) is 8.77. The molecule has 36 heavy (non-hydrogen) atoms. The summed E-state index contributed by atoms with van der Waals surface area (Å²) >= 11 is 0. The number of carbonyl (C=O) groups is 1. The SMILES string of the molecule is CC(C)(C)OC(=O)N1CCC2CCN(c3nnc(-c4ccc(C(F)(F)F)cc4O)c(C4CC4)n3)C2C1. The van der Waals surface area contributed by atoms with E-state index < -0.39 is 23.1 Å². The van der Waals surface area contributed by atoms with E-state index in [1.807, 2.05) is 20.8 Å². The van der Waals surface area contributed by atoms with E-state index >= 15 is 0 Å². The predicted octanol–water partition coefficient (Wildman–Crippen LogP) is 4.98. The van der Waals surface area contributed by atoms with E-state index in [2.05, 4.69) is 15.1 Å². The maximum absolute atomic E-state index is 13.1. The number of alkyl halides is 3. The van der Waals surface area contributed by atoms with Crippen LogP contribution in [0.4, 0.5) is 23.9 Å². The van der Waals surface area contributed by atoms with E-state index in [4.69, 9.17) is 9.72 Å². The summed E-state index contributed by atoms with van der Waals surface area (Å²) < 4.78 is 44.7. The number of amides is 1. The number of likely N-dealkylation sites (tertiary alicyclic amines) is 1. The van der Waals surface area contributed by atoms with Crippen LogP contribution >= 0.6 is 0 Å². The van der Waals surface area contributed by atoms with Gasteiger partial charge < -0.3 is 19.6 Å². The van der Waals surface area contributed by atoms with Crippen LogP contribution in [0.15, 0.2) is 18.2 Å². The fourth-order valence-electron chi connectivity index (χ4n) is 5.07. The largest absolute Gasteiger partial charge is 0.507 e. The minimum absolute atomic E-state index is 0.0328. The Kier molecular flexibility index (Phi) is 5.99. The van der Waals surface area contributed by atoms with Crippen molar-refractivity contribution in [2.45, 2.75) is 70.2 Å². The van der Waals surface area contributed by atoms with Gasteiger partial charge in [-0.3, -0.25) is 0 Å². The second-order valence-electron chi connectivity index (χ2n) is 10.9. The molecule has 2 saturated heterocycles. The molecule has 2 atom stereocenters. The first-order valence-electron chi connectivity index (χ1n) is 12.3. The number of hydrogen-bond donors (Lipinski definition) is 1. The smallest absolute Gasteiger partial charge is 0.416 e. The molecule has 1 amide bonds. The Morgan fingerprint density at radius 3 is 2.44 bits per heavy atom. The molecule has 3 fully saturated rings. The van der Waals surface area contributed by atoms with Crippen molar-refractivity contribution in [1.82, 2.24) is 20.1 Å². The molecule has 194 valence electrons. The van der Waals surface area contributed by atoms with E-state index in [0.29, 0.717) is 42.4 Å². The van der Waals surface area contributed by atoms with E-state index in [-0.39, 0.29) is 23.6 Å². The Labute approximate surface area is 207 Å². The third-order valence-corrected chi connectivity index (χ3v) is 7.02. The summed E-state index contributed by atoms with van der Waals surface area (Å²) in [5, 5.41) is 19.1. The highest BCUT2D eigenvalue weighted by Gasteiger charge is 2.42. The van der Waals surface area contributed by atoms with Gasteiger partial charge in [0.05, 0.1) is 17.3 Å². The van der Waals surface area contributed by atoms with E-state index in [1.165, 1.54) is 6.07 Å². The molecule has 3 aliphatic rings. The summed E-state index contributed by atoms with van der Waals surface area (Å²) in [4.78, 5) is 21.3. The molecule has 11 heteroatoms. The highest BCUT2D eigenvalue weighted by molar-refractivity contribution is 5.70. The molecular formula is C25H30F3N5O3. The number of carbonyl (C=O) groups excluding carboxylic acids is 1. The molecule has 2 unspecified atom stereocenters. The van der Waals surface area contributed by atoms with Gasteiger partial charge in [0.2, 0.25) is 5.95 Å². The number of hydrogen-bond acceptors (Lipinski definition) is 7. The second-order valence-corrected chi connectivity index (χ2v) is 10.9. The lowest BCUT2D eigenvalue weighted by atomic mass is 9.92. The number of aromatic hydroxyl groups is 1. The van der Waals surface area contributed by atoms with Crippen LogP contribution in [0.5, 0.6) is 5.75 Å². The van der Waals surface area contributed by atoms with E-state index in [9.17, 15) is 23.1 Å².